The molecule has 0 aromatic heterocycles. The minimum absolute atomic E-state index is 0.0430. The van der Waals surface area contributed by atoms with E-state index in [1.54, 1.807) is 0 Å². The van der Waals surface area contributed by atoms with E-state index in [1.165, 1.54) is 11.1 Å². The Labute approximate surface area is 140 Å². The van der Waals surface area contributed by atoms with Gasteiger partial charge in [0.25, 0.3) is 0 Å². The van der Waals surface area contributed by atoms with Gasteiger partial charge in [-0.05, 0) is 31.9 Å². The largest absolute Gasteiger partial charge is 0.303 e. The minimum atomic E-state index is 0.0430. The van der Waals surface area contributed by atoms with E-state index in [9.17, 15) is 0 Å². The summed E-state index contributed by atoms with van der Waals surface area (Å²) in [6.45, 7) is 13.3. The third kappa shape index (κ3) is 3.36. The van der Waals surface area contributed by atoms with Gasteiger partial charge in [-0.25, -0.2) is 0 Å². The summed E-state index contributed by atoms with van der Waals surface area (Å²) < 4.78 is 0. The van der Waals surface area contributed by atoms with Gasteiger partial charge in [0, 0.05) is 45.1 Å². The number of hydrogen-bond acceptors (Lipinski definition) is 4. The van der Waals surface area contributed by atoms with E-state index in [-0.39, 0.29) is 5.54 Å². The maximum atomic E-state index is 3.50. The van der Waals surface area contributed by atoms with Crippen molar-refractivity contribution < 1.29 is 0 Å². The predicted molar refractivity (Wildman–Crippen MR) is 96.2 cm³/mol. The van der Waals surface area contributed by atoms with Crippen molar-refractivity contribution in [3.8, 4) is 0 Å². The average molecular weight is 314 g/mol. The summed E-state index contributed by atoms with van der Waals surface area (Å²) >= 11 is 0. The molecule has 0 amide bonds. The Morgan fingerprint density at radius 2 is 1.78 bits per heavy atom. The minimum Gasteiger partial charge on any atom is -0.303 e. The fourth-order valence-corrected chi connectivity index (χ4v) is 3.98. The Morgan fingerprint density at radius 1 is 1.09 bits per heavy atom. The van der Waals surface area contributed by atoms with E-state index in [2.05, 4.69) is 77.6 Å². The molecule has 2 N–H and O–H groups in total. The highest BCUT2D eigenvalue weighted by molar-refractivity contribution is 5.34. The number of benzene rings is 1. The number of rotatable bonds is 5. The average Bonchev–Trinajstić information content (AvgIpc) is 3.26. The molecule has 126 valence electrons. The Balaban J connectivity index is 1.96. The van der Waals surface area contributed by atoms with Crippen molar-refractivity contribution in [3.05, 3.63) is 47.5 Å². The molecule has 4 nitrogen and oxygen atoms in total. The van der Waals surface area contributed by atoms with Crippen molar-refractivity contribution in [3.63, 3.8) is 0 Å². The molecular formula is C19H30N4. The molecule has 1 atom stereocenters. The Bertz CT molecular complexity index is 526. The third-order valence-corrected chi connectivity index (χ3v) is 5.33. The number of nitrogens with one attached hydrogen (secondary N) is 2. The Kier molecular flexibility index (Phi) is 5.17. The van der Waals surface area contributed by atoms with Crippen LogP contribution in [-0.2, 0) is 0 Å². The predicted octanol–water partition coefficient (Wildman–Crippen LogP) is 2.18. The molecule has 2 heterocycles. The van der Waals surface area contributed by atoms with E-state index >= 15 is 0 Å². The van der Waals surface area contributed by atoms with Gasteiger partial charge < -0.3 is 10.6 Å². The van der Waals surface area contributed by atoms with Crippen molar-refractivity contribution >= 4 is 0 Å². The van der Waals surface area contributed by atoms with Gasteiger partial charge >= 0.3 is 0 Å². The van der Waals surface area contributed by atoms with E-state index in [0.717, 1.165) is 39.5 Å². The first kappa shape index (κ1) is 16.7. The maximum Gasteiger partial charge on any atom is 0.0591 e. The summed E-state index contributed by atoms with van der Waals surface area (Å²) in [6, 6.07) is 11.3. The fraction of sp³-hybridized carbons (Fsp3) is 0.579. The quantitative estimate of drug-likeness (QED) is 0.816. The smallest absolute Gasteiger partial charge is 0.0591 e. The molecule has 1 aromatic rings. The van der Waals surface area contributed by atoms with Crippen LogP contribution in [-0.4, -0.2) is 54.9 Å². The van der Waals surface area contributed by atoms with E-state index in [4.69, 9.17) is 0 Å². The molecule has 2 saturated heterocycles. The van der Waals surface area contributed by atoms with Crippen LogP contribution in [0.1, 0.15) is 32.4 Å². The number of nitrogens with zero attached hydrogens (tertiary/aromatic N) is 2. The molecule has 0 spiro atoms. The van der Waals surface area contributed by atoms with Gasteiger partial charge in [-0.3, -0.25) is 9.80 Å². The lowest BCUT2D eigenvalue weighted by molar-refractivity contribution is 0.154. The van der Waals surface area contributed by atoms with Crippen LogP contribution in [0.5, 0.6) is 0 Å². The van der Waals surface area contributed by atoms with Gasteiger partial charge in [-0.2, -0.15) is 0 Å². The van der Waals surface area contributed by atoms with E-state index in [1.807, 2.05) is 0 Å². The van der Waals surface area contributed by atoms with Gasteiger partial charge in [0.05, 0.1) is 6.04 Å². The second-order valence-corrected chi connectivity index (χ2v) is 7.01. The molecule has 2 aliphatic heterocycles. The highest BCUT2D eigenvalue weighted by Crippen LogP contribution is 2.38. The van der Waals surface area contributed by atoms with Gasteiger partial charge in [0.15, 0.2) is 0 Å². The summed E-state index contributed by atoms with van der Waals surface area (Å²) in [5.41, 5.74) is 2.93. The first-order valence-electron chi connectivity index (χ1n) is 8.76. The van der Waals surface area contributed by atoms with Crippen LogP contribution in [0.15, 0.2) is 42.0 Å². The molecular weight excluding hydrogens is 284 g/mol. The second-order valence-electron chi connectivity index (χ2n) is 7.01. The lowest BCUT2D eigenvalue weighted by Crippen LogP contribution is -2.48. The molecule has 2 aliphatic rings. The molecule has 0 bridgehead atoms. The molecule has 2 fully saturated rings. The van der Waals surface area contributed by atoms with Gasteiger partial charge in [0.1, 0.15) is 0 Å². The van der Waals surface area contributed by atoms with Crippen LogP contribution in [0.3, 0.4) is 0 Å². The summed E-state index contributed by atoms with van der Waals surface area (Å²) in [5, 5.41) is 6.97. The monoisotopic (exact) mass is 314 g/mol. The number of allylic oxidation sites excluding steroid dienone is 1. The SMILES string of the molecule is CC=C(C(c1ccccc1)N1CCNC1)C(C)(C)N1CCNC1. The highest BCUT2D eigenvalue weighted by atomic mass is 15.3. The van der Waals surface area contributed by atoms with Crippen LogP contribution in [0.2, 0.25) is 0 Å². The van der Waals surface area contributed by atoms with Crippen molar-refractivity contribution in [2.75, 3.05) is 39.5 Å². The summed E-state index contributed by atoms with van der Waals surface area (Å²) in [7, 11) is 0. The zero-order chi connectivity index (χ0) is 16.3. The molecule has 1 aromatic carbocycles. The zero-order valence-corrected chi connectivity index (χ0v) is 14.7. The van der Waals surface area contributed by atoms with Crippen LogP contribution in [0.25, 0.3) is 0 Å². The van der Waals surface area contributed by atoms with Gasteiger partial charge in [0.2, 0.25) is 0 Å². The Hall–Kier alpha value is -1.20. The number of hydrogen-bond donors (Lipinski definition) is 2. The lowest BCUT2D eigenvalue weighted by atomic mass is 9.82. The van der Waals surface area contributed by atoms with Crippen LogP contribution >= 0.6 is 0 Å². The molecule has 4 heteroatoms. The van der Waals surface area contributed by atoms with Crippen molar-refractivity contribution in [1.29, 1.82) is 0 Å². The highest BCUT2D eigenvalue weighted by Gasteiger charge is 2.39. The van der Waals surface area contributed by atoms with E-state index in [0.29, 0.717) is 6.04 Å². The van der Waals surface area contributed by atoms with Crippen LogP contribution in [0, 0.1) is 0 Å². The molecule has 3 rings (SSSR count). The standard InChI is InChI=1S/C19H30N4/c1-4-17(19(2,3)23-13-11-21-15-23)18(22-12-10-20-14-22)16-8-6-5-7-9-16/h4-9,18,20-21H,10-15H2,1-3H3. The molecule has 0 saturated carbocycles. The van der Waals surface area contributed by atoms with Crippen molar-refractivity contribution in [2.24, 2.45) is 0 Å². The second kappa shape index (κ2) is 7.14. The first-order chi connectivity index (χ1) is 11.1. The summed E-state index contributed by atoms with van der Waals surface area (Å²) in [6.07, 6.45) is 2.34. The topological polar surface area (TPSA) is 30.5 Å². The fourth-order valence-electron chi connectivity index (χ4n) is 3.98. The summed E-state index contributed by atoms with van der Waals surface area (Å²) in [5.74, 6) is 0. The molecule has 0 radical (unpaired) electrons. The Morgan fingerprint density at radius 3 is 2.35 bits per heavy atom. The molecule has 23 heavy (non-hydrogen) atoms. The van der Waals surface area contributed by atoms with Crippen LogP contribution in [0.4, 0.5) is 0 Å². The lowest BCUT2D eigenvalue weighted by Gasteiger charge is -2.43. The van der Waals surface area contributed by atoms with Crippen molar-refractivity contribution in [1.82, 2.24) is 20.4 Å². The maximum absolute atomic E-state index is 3.50. The van der Waals surface area contributed by atoms with Crippen LogP contribution < -0.4 is 10.6 Å². The van der Waals surface area contributed by atoms with Crippen molar-refractivity contribution in [2.45, 2.75) is 32.4 Å². The first-order valence-corrected chi connectivity index (χ1v) is 8.76. The zero-order valence-electron chi connectivity index (χ0n) is 14.7. The third-order valence-electron chi connectivity index (χ3n) is 5.33. The molecule has 0 aliphatic carbocycles. The summed E-state index contributed by atoms with van der Waals surface area (Å²) in [4.78, 5) is 5.12. The molecule has 1 unspecified atom stereocenters. The normalized spacial score (nSPS) is 22.7. The van der Waals surface area contributed by atoms with Gasteiger partial charge in [-0.15, -0.1) is 0 Å². The van der Waals surface area contributed by atoms with Gasteiger partial charge in [-0.1, -0.05) is 36.4 Å². The van der Waals surface area contributed by atoms with E-state index < -0.39 is 0 Å².